The van der Waals surface area contributed by atoms with Crippen LogP contribution in [0.2, 0.25) is 0 Å². The predicted molar refractivity (Wildman–Crippen MR) is 128 cm³/mol. The number of amides is 2. The van der Waals surface area contributed by atoms with Crippen molar-refractivity contribution >= 4 is 22.0 Å². The van der Waals surface area contributed by atoms with Gasteiger partial charge in [0.25, 0.3) is 16.1 Å². The number of hydrogen-bond acceptors (Lipinski definition) is 5. The van der Waals surface area contributed by atoms with Crippen LogP contribution in [0.3, 0.4) is 0 Å². The Bertz CT molecular complexity index is 1150. The first-order valence-electron chi connectivity index (χ1n) is 12.4. The molecule has 37 heavy (non-hydrogen) atoms. The monoisotopic (exact) mass is 546 g/mol. The molecule has 0 bridgehead atoms. The van der Waals surface area contributed by atoms with Crippen LogP contribution >= 0.6 is 0 Å². The highest BCUT2D eigenvalue weighted by molar-refractivity contribution is 7.86. The number of hydrogen-bond donors (Lipinski definition) is 2. The van der Waals surface area contributed by atoms with E-state index in [1.165, 1.54) is 19.6 Å². The molecule has 2 atom stereocenters. The van der Waals surface area contributed by atoms with E-state index in [1.807, 2.05) is 0 Å². The molecule has 2 N–H and O–H groups in total. The zero-order valence-electron chi connectivity index (χ0n) is 20.9. The van der Waals surface area contributed by atoms with Crippen LogP contribution < -0.4 is 5.32 Å². The van der Waals surface area contributed by atoms with Gasteiger partial charge >= 0.3 is 0 Å². The zero-order valence-corrected chi connectivity index (χ0v) is 21.7. The lowest BCUT2D eigenvalue weighted by molar-refractivity contribution is -0.142. The van der Waals surface area contributed by atoms with Crippen molar-refractivity contribution in [3.8, 4) is 0 Å². The minimum absolute atomic E-state index is 0.00299. The second-order valence-electron chi connectivity index (χ2n) is 10.6. The molecule has 3 aliphatic heterocycles. The first-order valence-corrected chi connectivity index (χ1v) is 13.8. The van der Waals surface area contributed by atoms with Gasteiger partial charge in [0.2, 0.25) is 11.8 Å². The Morgan fingerprint density at radius 1 is 1.16 bits per heavy atom. The van der Waals surface area contributed by atoms with E-state index in [1.54, 1.807) is 6.92 Å². The van der Waals surface area contributed by atoms with Crippen molar-refractivity contribution in [1.29, 1.82) is 0 Å². The van der Waals surface area contributed by atoms with Crippen molar-refractivity contribution in [3.63, 3.8) is 0 Å². The van der Waals surface area contributed by atoms with Crippen molar-refractivity contribution < 1.29 is 36.3 Å². The Balaban J connectivity index is 1.36. The summed E-state index contributed by atoms with van der Waals surface area (Å²) in [5, 5.41) is 12.5. The summed E-state index contributed by atoms with van der Waals surface area (Å²) in [6.07, 6.45) is 2.00. The summed E-state index contributed by atoms with van der Waals surface area (Å²) >= 11 is 0. The standard InChI is InChI=1S/C24H33F3N4O5S/c1-23(34)14-30(15-23)37(35,36)29-9-3-5-17(13-29)22(33)31-10-4-6-20(31)21(32)28-12-16-7-8-18(11-19(16)25)24(2,26)27/h7-8,11,17,20,34H,3-6,9-10,12-15H2,1-2H3,(H,28,32)/t17-,20+/m0/s1. The third-order valence-electron chi connectivity index (χ3n) is 7.27. The second-order valence-corrected chi connectivity index (χ2v) is 12.5. The largest absolute Gasteiger partial charge is 0.387 e. The van der Waals surface area contributed by atoms with E-state index in [9.17, 15) is 36.3 Å². The third-order valence-corrected chi connectivity index (χ3v) is 9.17. The highest BCUT2D eigenvalue weighted by Crippen LogP contribution is 2.31. The van der Waals surface area contributed by atoms with E-state index in [-0.39, 0.29) is 44.2 Å². The second kappa shape index (κ2) is 10.2. The van der Waals surface area contributed by atoms with Gasteiger partial charge in [-0.05, 0) is 38.7 Å². The summed E-state index contributed by atoms with van der Waals surface area (Å²) in [6, 6.07) is 2.29. The molecule has 4 rings (SSSR count). The number of piperidine rings is 1. The number of nitrogens with one attached hydrogen (secondary N) is 1. The van der Waals surface area contributed by atoms with E-state index < -0.39 is 51.0 Å². The third kappa shape index (κ3) is 5.94. The number of halogens is 3. The molecule has 0 spiro atoms. The smallest absolute Gasteiger partial charge is 0.282 e. The molecule has 0 saturated carbocycles. The lowest BCUT2D eigenvalue weighted by Gasteiger charge is -2.46. The van der Waals surface area contributed by atoms with E-state index in [4.69, 9.17) is 0 Å². The first kappa shape index (κ1) is 27.8. The Kier molecular flexibility index (Phi) is 7.63. The Morgan fingerprint density at radius 3 is 2.46 bits per heavy atom. The fourth-order valence-electron chi connectivity index (χ4n) is 5.19. The van der Waals surface area contributed by atoms with Gasteiger partial charge in [-0.15, -0.1) is 0 Å². The topological polar surface area (TPSA) is 110 Å². The fraction of sp³-hybridized carbons (Fsp3) is 0.667. The Morgan fingerprint density at radius 2 is 1.84 bits per heavy atom. The van der Waals surface area contributed by atoms with E-state index in [0.29, 0.717) is 39.2 Å². The van der Waals surface area contributed by atoms with Gasteiger partial charge in [-0.1, -0.05) is 12.1 Å². The molecule has 3 heterocycles. The zero-order chi connectivity index (χ0) is 27.2. The molecule has 3 fully saturated rings. The van der Waals surface area contributed by atoms with Gasteiger partial charge in [0, 0.05) is 57.3 Å². The van der Waals surface area contributed by atoms with Crippen molar-refractivity contribution in [3.05, 3.63) is 35.1 Å². The van der Waals surface area contributed by atoms with Crippen molar-refractivity contribution in [2.45, 2.75) is 63.6 Å². The highest BCUT2D eigenvalue weighted by Gasteiger charge is 2.47. The van der Waals surface area contributed by atoms with Crippen LogP contribution in [0.5, 0.6) is 0 Å². The lowest BCUT2D eigenvalue weighted by Crippen LogP contribution is -2.65. The van der Waals surface area contributed by atoms with E-state index in [0.717, 1.165) is 12.1 Å². The number of carbonyl (C=O) groups excluding carboxylic acids is 2. The van der Waals surface area contributed by atoms with Crippen LogP contribution in [0.1, 0.15) is 50.7 Å². The number of benzene rings is 1. The minimum Gasteiger partial charge on any atom is -0.387 e. The minimum atomic E-state index is -3.80. The maximum absolute atomic E-state index is 14.3. The number of aliphatic hydroxyl groups is 1. The fourth-order valence-corrected chi connectivity index (χ4v) is 7.13. The van der Waals surface area contributed by atoms with Crippen LogP contribution in [0.25, 0.3) is 0 Å². The van der Waals surface area contributed by atoms with Gasteiger partial charge in [-0.25, -0.2) is 13.2 Å². The van der Waals surface area contributed by atoms with Gasteiger partial charge in [0.1, 0.15) is 11.9 Å². The van der Waals surface area contributed by atoms with Gasteiger partial charge < -0.3 is 15.3 Å². The normalized spacial score (nSPS) is 25.1. The van der Waals surface area contributed by atoms with Crippen molar-refractivity contribution in [2.24, 2.45) is 5.92 Å². The number of alkyl halides is 2. The first-order chi connectivity index (χ1) is 17.2. The van der Waals surface area contributed by atoms with Gasteiger partial charge in [0.05, 0.1) is 11.5 Å². The Labute approximate surface area is 214 Å². The molecule has 13 heteroatoms. The quantitative estimate of drug-likeness (QED) is 0.540. The van der Waals surface area contributed by atoms with Crippen LogP contribution in [-0.2, 0) is 32.3 Å². The van der Waals surface area contributed by atoms with Crippen molar-refractivity contribution in [1.82, 2.24) is 18.8 Å². The number of rotatable bonds is 7. The Hall–Kier alpha value is -2.22. The molecule has 0 aromatic heterocycles. The predicted octanol–water partition coefficient (Wildman–Crippen LogP) is 1.57. The van der Waals surface area contributed by atoms with Crippen LogP contribution in [0.4, 0.5) is 13.2 Å². The summed E-state index contributed by atoms with van der Waals surface area (Å²) in [5.74, 6) is -5.41. The van der Waals surface area contributed by atoms with Crippen LogP contribution in [0, 0.1) is 11.7 Å². The number of β-amino-alcohol motifs (C(OH)–C–C–N with tert-alkyl or cyclic N) is 1. The molecular formula is C24H33F3N4O5S. The number of likely N-dealkylation sites (tertiary alicyclic amines) is 1. The summed E-state index contributed by atoms with van der Waals surface area (Å²) in [5.41, 5.74) is -1.47. The molecular weight excluding hydrogens is 513 g/mol. The maximum Gasteiger partial charge on any atom is 0.282 e. The molecule has 0 aliphatic carbocycles. The van der Waals surface area contributed by atoms with Gasteiger partial charge in [-0.3, -0.25) is 9.59 Å². The molecule has 9 nitrogen and oxygen atoms in total. The molecule has 1 aromatic rings. The number of nitrogens with zero attached hydrogens (tertiary/aromatic N) is 3. The summed E-state index contributed by atoms with van der Waals surface area (Å²) < 4.78 is 69.4. The van der Waals surface area contributed by atoms with E-state index >= 15 is 0 Å². The summed E-state index contributed by atoms with van der Waals surface area (Å²) in [4.78, 5) is 27.7. The van der Waals surface area contributed by atoms with Gasteiger partial charge in [-0.2, -0.15) is 17.0 Å². The summed E-state index contributed by atoms with van der Waals surface area (Å²) in [7, 11) is -3.80. The lowest BCUT2D eigenvalue weighted by atomic mass is 9.97. The molecule has 1 aromatic carbocycles. The number of carbonyl (C=O) groups is 2. The van der Waals surface area contributed by atoms with E-state index in [2.05, 4.69) is 5.32 Å². The average molecular weight is 547 g/mol. The SMILES string of the molecule is CC1(O)CN(S(=O)(=O)N2CCC[C@H](C(=O)N3CCC[C@@H]3C(=O)NCc3ccc(C(C)(F)F)cc3F)C2)C1. The van der Waals surface area contributed by atoms with Gasteiger partial charge in [0.15, 0.2) is 0 Å². The average Bonchev–Trinajstić information content (AvgIpc) is 3.30. The highest BCUT2D eigenvalue weighted by atomic mass is 32.2. The maximum atomic E-state index is 14.3. The molecule has 2 amide bonds. The van der Waals surface area contributed by atoms with Crippen LogP contribution in [0.15, 0.2) is 18.2 Å². The van der Waals surface area contributed by atoms with Crippen LogP contribution in [-0.4, -0.2) is 83.2 Å². The molecule has 0 unspecified atom stereocenters. The molecule has 3 saturated heterocycles. The molecule has 206 valence electrons. The molecule has 0 radical (unpaired) electrons. The summed E-state index contributed by atoms with van der Waals surface area (Å²) in [6.45, 7) is 2.66. The molecule has 3 aliphatic rings. The van der Waals surface area contributed by atoms with Crippen molar-refractivity contribution in [2.75, 3.05) is 32.7 Å².